The van der Waals surface area contributed by atoms with E-state index in [4.69, 9.17) is 4.74 Å². The number of amides is 1. The van der Waals surface area contributed by atoms with Gasteiger partial charge in [0.25, 0.3) is 0 Å². The van der Waals surface area contributed by atoms with Crippen LogP contribution in [-0.4, -0.2) is 53.2 Å². The lowest BCUT2D eigenvalue weighted by molar-refractivity contribution is 0.0238. The molecule has 1 aromatic heterocycles. The highest BCUT2D eigenvalue weighted by Crippen LogP contribution is 2.27. The molecule has 7 heteroatoms. The lowest BCUT2D eigenvalue weighted by atomic mass is 10.2. The van der Waals surface area contributed by atoms with Gasteiger partial charge in [0.2, 0.25) is 0 Å². The number of ether oxygens (including phenoxy) is 1. The summed E-state index contributed by atoms with van der Waals surface area (Å²) in [4.78, 5) is 23.0. The summed E-state index contributed by atoms with van der Waals surface area (Å²) < 4.78 is 5.52. The van der Waals surface area contributed by atoms with Crippen LogP contribution in [0.4, 0.5) is 4.79 Å². The third-order valence-electron chi connectivity index (χ3n) is 3.73. The Morgan fingerprint density at radius 3 is 2.69 bits per heavy atom. The van der Waals surface area contributed by atoms with Gasteiger partial charge in [0.15, 0.2) is 5.96 Å². The van der Waals surface area contributed by atoms with Crippen LogP contribution in [0.2, 0.25) is 0 Å². The van der Waals surface area contributed by atoms with Gasteiger partial charge in [-0.15, -0.1) is 0 Å². The monoisotopic (exact) mass is 361 g/mol. The van der Waals surface area contributed by atoms with E-state index in [1.807, 2.05) is 50.8 Å². The van der Waals surface area contributed by atoms with Gasteiger partial charge in [0.05, 0.1) is 12.2 Å². The van der Waals surface area contributed by atoms with Crippen LogP contribution in [0.3, 0.4) is 0 Å². The summed E-state index contributed by atoms with van der Waals surface area (Å²) in [6.07, 6.45) is 3.62. The molecule has 1 aliphatic carbocycles. The Morgan fingerprint density at radius 2 is 2.12 bits per heavy atom. The molecule has 1 heterocycles. The summed E-state index contributed by atoms with van der Waals surface area (Å²) in [6.45, 7) is 10.2. The van der Waals surface area contributed by atoms with Gasteiger partial charge in [-0.25, -0.2) is 9.79 Å². The molecule has 0 atom stereocenters. The minimum absolute atomic E-state index is 0.239. The summed E-state index contributed by atoms with van der Waals surface area (Å²) in [5, 5.41) is 6.50. The van der Waals surface area contributed by atoms with Crippen molar-refractivity contribution in [1.29, 1.82) is 0 Å². The average Bonchev–Trinajstić information content (AvgIpc) is 3.40. The van der Waals surface area contributed by atoms with Crippen molar-refractivity contribution in [2.24, 2.45) is 4.99 Å². The first-order valence-corrected chi connectivity index (χ1v) is 9.30. The molecule has 2 N–H and O–H groups in total. The fraction of sp³-hybridized carbons (Fsp3) is 0.632. The molecule has 0 aliphatic heterocycles. The van der Waals surface area contributed by atoms with E-state index in [9.17, 15) is 4.79 Å². The molecular weight excluding hydrogens is 330 g/mol. The SMILES string of the molecule is CCNC(=NCc1ccccn1)NCCN(C(=O)OC(C)(C)C)C1CC1. The summed E-state index contributed by atoms with van der Waals surface area (Å²) in [7, 11) is 0. The second-order valence-electron chi connectivity index (χ2n) is 7.35. The van der Waals surface area contributed by atoms with Gasteiger partial charge in [-0.1, -0.05) is 6.07 Å². The minimum Gasteiger partial charge on any atom is -0.444 e. The number of carbonyl (C=O) groups excluding carboxylic acids is 1. The van der Waals surface area contributed by atoms with E-state index in [0.717, 1.165) is 31.0 Å². The fourth-order valence-corrected chi connectivity index (χ4v) is 2.42. The Bertz CT molecular complexity index is 594. The van der Waals surface area contributed by atoms with Crippen molar-refractivity contribution < 1.29 is 9.53 Å². The van der Waals surface area contributed by atoms with Gasteiger partial charge in [0.1, 0.15) is 5.60 Å². The maximum Gasteiger partial charge on any atom is 0.410 e. The Balaban J connectivity index is 1.85. The van der Waals surface area contributed by atoms with Crippen LogP contribution in [0.15, 0.2) is 29.4 Å². The quantitative estimate of drug-likeness (QED) is 0.576. The number of guanidine groups is 1. The lowest BCUT2D eigenvalue weighted by Gasteiger charge is -2.27. The molecule has 1 amide bonds. The number of pyridine rings is 1. The molecule has 1 aromatic rings. The zero-order valence-electron chi connectivity index (χ0n) is 16.3. The van der Waals surface area contributed by atoms with Crippen LogP contribution >= 0.6 is 0 Å². The Labute approximate surface area is 156 Å². The molecular formula is C19H31N5O2. The normalized spacial score (nSPS) is 14.7. The van der Waals surface area contributed by atoms with Gasteiger partial charge in [0, 0.05) is 31.9 Å². The molecule has 0 bridgehead atoms. The molecule has 1 aliphatic rings. The Morgan fingerprint density at radius 1 is 1.35 bits per heavy atom. The van der Waals surface area contributed by atoms with Gasteiger partial charge >= 0.3 is 6.09 Å². The number of nitrogens with one attached hydrogen (secondary N) is 2. The third kappa shape index (κ3) is 7.29. The van der Waals surface area contributed by atoms with Crippen LogP contribution in [0.25, 0.3) is 0 Å². The van der Waals surface area contributed by atoms with Crippen LogP contribution in [-0.2, 0) is 11.3 Å². The minimum atomic E-state index is -0.475. The number of aliphatic imine (C=N–C) groups is 1. The van der Waals surface area contributed by atoms with Crippen molar-refractivity contribution >= 4 is 12.1 Å². The maximum absolute atomic E-state index is 12.4. The van der Waals surface area contributed by atoms with Gasteiger partial charge in [-0.05, 0) is 52.7 Å². The summed E-state index contributed by atoms with van der Waals surface area (Å²) in [5.41, 5.74) is 0.439. The van der Waals surface area contributed by atoms with E-state index in [1.54, 1.807) is 6.20 Å². The molecule has 0 spiro atoms. The zero-order chi connectivity index (χ0) is 19.0. The standard InChI is InChI=1S/C19H31N5O2/c1-5-20-17(23-14-15-8-6-7-11-21-15)22-12-13-24(16-9-10-16)18(25)26-19(2,3)4/h6-8,11,16H,5,9-10,12-14H2,1-4H3,(H2,20,22,23). The molecule has 1 saturated carbocycles. The van der Waals surface area contributed by atoms with Crippen LogP contribution in [0, 0.1) is 0 Å². The van der Waals surface area contributed by atoms with E-state index in [-0.39, 0.29) is 6.09 Å². The van der Waals surface area contributed by atoms with Crippen LogP contribution in [0.1, 0.15) is 46.2 Å². The summed E-state index contributed by atoms with van der Waals surface area (Å²) >= 11 is 0. The van der Waals surface area contributed by atoms with E-state index >= 15 is 0 Å². The Kier molecular flexibility index (Phi) is 7.24. The van der Waals surface area contributed by atoms with E-state index < -0.39 is 5.60 Å². The van der Waals surface area contributed by atoms with Crippen molar-refractivity contribution in [1.82, 2.24) is 20.5 Å². The maximum atomic E-state index is 12.4. The first-order chi connectivity index (χ1) is 12.4. The number of hydrogen-bond donors (Lipinski definition) is 2. The molecule has 0 aromatic carbocycles. The van der Waals surface area contributed by atoms with Crippen LogP contribution < -0.4 is 10.6 Å². The number of carbonyl (C=O) groups is 1. The zero-order valence-corrected chi connectivity index (χ0v) is 16.3. The van der Waals surface area contributed by atoms with Crippen molar-refractivity contribution in [2.45, 2.75) is 58.7 Å². The fourth-order valence-electron chi connectivity index (χ4n) is 2.42. The highest BCUT2D eigenvalue weighted by Gasteiger charge is 2.34. The molecule has 2 rings (SSSR count). The first-order valence-electron chi connectivity index (χ1n) is 9.30. The van der Waals surface area contributed by atoms with E-state index in [0.29, 0.717) is 25.7 Å². The molecule has 144 valence electrons. The second-order valence-corrected chi connectivity index (χ2v) is 7.35. The van der Waals surface area contributed by atoms with Crippen LogP contribution in [0.5, 0.6) is 0 Å². The predicted octanol–water partition coefficient (Wildman–Crippen LogP) is 2.54. The first kappa shape index (κ1) is 20.0. The molecule has 0 saturated heterocycles. The molecule has 1 fully saturated rings. The Hall–Kier alpha value is -2.31. The predicted molar refractivity (Wildman–Crippen MR) is 103 cm³/mol. The largest absolute Gasteiger partial charge is 0.444 e. The van der Waals surface area contributed by atoms with E-state index in [1.165, 1.54) is 0 Å². The molecule has 0 radical (unpaired) electrons. The molecule has 7 nitrogen and oxygen atoms in total. The van der Waals surface area contributed by atoms with Crippen molar-refractivity contribution in [3.8, 4) is 0 Å². The average molecular weight is 361 g/mol. The van der Waals surface area contributed by atoms with Gasteiger partial charge in [-0.3, -0.25) is 4.98 Å². The lowest BCUT2D eigenvalue weighted by Crippen LogP contribution is -2.45. The number of aromatic nitrogens is 1. The molecule has 26 heavy (non-hydrogen) atoms. The number of nitrogens with zero attached hydrogens (tertiary/aromatic N) is 3. The van der Waals surface area contributed by atoms with Crippen molar-refractivity contribution in [3.05, 3.63) is 30.1 Å². The number of rotatable bonds is 7. The number of hydrogen-bond acceptors (Lipinski definition) is 4. The van der Waals surface area contributed by atoms with Crippen molar-refractivity contribution in [2.75, 3.05) is 19.6 Å². The topological polar surface area (TPSA) is 78.9 Å². The van der Waals surface area contributed by atoms with Gasteiger partial charge < -0.3 is 20.3 Å². The third-order valence-corrected chi connectivity index (χ3v) is 3.73. The van der Waals surface area contributed by atoms with E-state index in [2.05, 4.69) is 20.6 Å². The summed E-state index contributed by atoms with van der Waals surface area (Å²) in [6, 6.07) is 6.09. The second kappa shape index (κ2) is 9.40. The van der Waals surface area contributed by atoms with Crippen molar-refractivity contribution in [3.63, 3.8) is 0 Å². The smallest absolute Gasteiger partial charge is 0.410 e. The highest BCUT2D eigenvalue weighted by atomic mass is 16.6. The molecule has 0 unspecified atom stereocenters. The van der Waals surface area contributed by atoms with Gasteiger partial charge in [-0.2, -0.15) is 0 Å². The highest BCUT2D eigenvalue weighted by molar-refractivity contribution is 5.79. The summed E-state index contributed by atoms with van der Waals surface area (Å²) in [5.74, 6) is 0.720.